The average Bonchev–Trinajstić information content (AvgIpc) is 2.22. The van der Waals surface area contributed by atoms with Gasteiger partial charge in [-0.2, -0.15) is 0 Å². The van der Waals surface area contributed by atoms with Crippen molar-refractivity contribution in [3.8, 4) is 0 Å². The number of carbonyl (C=O) groups excluding carboxylic acids is 1. The van der Waals surface area contributed by atoms with Crippen LogP contribution in [-0.2, 0) is 4.79 Å². The monoisotopic (exact) mass is 206 g/mol. The van der Waals surface area contributed by atoms with Crippen LogP contribution in [0.15, 0.2) is 0 Å². The average molecular weight is 206 g/mol. The van der Waals surface area contributed by atoms with Gasteiger partial charge in [-0.15, -0.1) is 0 Å². The van der Waals surface area contributed by atoms with Gasteiger partial charge in [0.05, 0.1) is 10.9 Å². The zero-order valence-corrected chi connectivity index (χ0v) is 8.24. The molecule has 0 aromatic rings. The van der Waals surface area contributed by atoms with Gasteiger partial charge in [-0.3, -0.25) is 4.79 Å². The number of hydrogen-bond donors (Lipinski definition) is 1. The highest BCUT2D eigenvalue weighted by molar-refractivity contribution is 8.23. The molecule has 0 unspecified atom stereocenters. The van der Waals surface area contributed by atoms with Crippen molar-refractivity contribution >= 4 is 51.6 Å². The van der Waals surface area contributed by atoms with E-state index in [-0.39, 0.29) is 5.91 Å². The quantitative estimate of drug-likeness (QED) is 0.477. The molecule has 0 saturated carbocycles. The number of carbonyl (C=O) groups is 1. The van der Waals surface area contributed by atoms with Gasteiger partial charge in [0.1, 0.15) is 4.32 Å². The smallest absolute Gasteiger partial charge is 0.238 e. The molecule has 0 bridgehead atoms. The van der Waals surface area contributed by atoms with Gasteiger partial charge in [0, 0.05) is 7.05 Å². The van der Waals surface area contributed by atoms with Crippen LogP contribution in [0.25, 0.3) is 0 Å². The van der Waals surface area contributed by atoms with Crippen LogP contribution in [0.5, 0.6) is 0 Å². The molecule has 6 heteroatoms. The van der Waals surface area contributed by atoms with Gasteiger partial charge in [0.25, 0.3) is 0 Å². The van der Waals surface area contributed by atoms with E-state index in [4.69, 9.17) is 17.6 Å². The number of isothiocyanates is 1. The lowest BCUT2D eigenvalue weighted by Gasteiger charge is -2.03. The number of thioether (sulfide) groups is 1. The molecule has 0 atom stereocenters. The normalized spacial score (nSPS) is 15.5. The van der Waals surface area contributed by atoms with Crippen molar-refractivity contribution in [1.82, 2.24) is 4.90 Å². The Morgan fingerprint density at radius 3 is 2.36 bits per heavy atom. The second kappa shape index (κ2) is 5.37. The molecule has 0 aromatic carbocycles. The standard InChI is InChI=1S/C4H5NOS2.CHNS/c1-5-3(6)2-8-4(5)7;2-1-3/h2H2,1H3;2H. The second-order valence-electron chi connectivity index (χ2n) is 1.61. The van der Waals surface area contributed by atoms with Crippen LogP contribution in [0.1, 0.15) is 0 Å². The molecule has 1 heterocycles. The van der Waals surface area contributed by atoms with E-state index < -0.39 is 0 Å². The molecule has 0 spiro atoms. The van der Waals surface area contributed by atoms with Gasteiger partial charge in [-0.25, -0.2) is 5.41 Å². The highest BCUT2D eigenvalue weighted by atomic mass is 32.2. The van der Waals surface area contributed by atoms with Crippen LogP contribution >= 0.6 is 36.2 Å². The van der Waals surface area contributed by atoms with Crippen LogP contribution in [0.4, 0.5) is 0 Å². The molecule has 0 radical (unpaired) electrons. The Kier molecular flexibility index (Phi) is 5.23. The molecule has 1 rings (SSSR count). The summed E-state index contributed by atoms with van der Waals surface area (Å²) < 4.78 is 0.690. The van der Waals surface area contributed by atoms with Crippen molar-refractivity contribution in [2.24, 2.45) is 0 Å². The third kappa shape index (κ3) is 3.57. The summed E-state index contributed by atoms with van der Waals surface area (Å²) in [5.41, 5.74) is 0. The Bertz CT molecular complexity index is 194. The van der Waals surface area contributed by atoms with Crippen LogP contribution in [0.3, 0.4) is 0 Å². The lowest BCUT2D eigenvalue weighted by Crippen LogP contribution is -2.22. The molecular weight excluding hydrogens is 200 g/mol. The molecule has 1 aliphatic heterocycles. The highest BCUT2D eigenvalue weighted by Gasteiger charge is 2.21. The molecule has 1 aliphatic rings. The molecule has 1 N–H and O–H groups in total. The number of amides is 1. The molecule has 1 amide bonds. The van der Waals surface area contributed by atoms with Gasteiger partial charge in [0.2, 0.25) is 5.91 Å². The van der Waals surface area contributed by atoms with E-state index in [9.17, 15) is 4.79 Å². The minimum absolute atomic E-state index is 0.111. The fraction of sp³-hybridized carbons (Fsp3) is 0.400. The lowest BCUT2D eigenvalue weighted by molar-refractivity contribution is -0.123. The van der Waals surface area contributed by atoms with Crippen molar-refractivity contribution in [3.63, 3.8) is 0 Å². The van der Waals surface area contributed by atoms with E-state index in [1.165, 1.54) is 16.7 Å². The fourth-order valence-corrected chi connectivity index (χ4v) is 1.43. The maximum atomic E-state index is 10.6. The SMILES string of the molecule is CN1C(=O)CSC1=S.N=C=S. The maximum Gasteiger partial charge on any atom is 0.238 e. The first-order valence-electron chi connectivity index (χ1n) is 2.60. The first-order valence-corrected chi connectivity index (χ1v) is 4.41. The second-order valence-corrected chi connectivity index (χ2v) is 3.42. The van der Waals surface area contributed by atoms with Crippen molar-refractivity contribution in [2.45, 2.75) is 0 Å². The van der Waals surface area contributed by atoms with Crippen molar-refractivity contribution < 1.29 is 4.79 Å². The summed E-state index contributed by atoms with van der Waals surface area (Å²) in [5, 5.41) is 7.36. The van der Waals surface area contributed by atoms with E-state index in [1.54, 1.807) is 12.2 Å². The molecule has 0 aliphatic carbocycles. The Morgan fingerprint density at radius 1 is 1.82 bits per heavy atom. The Morgan fingerprint density at radius 2 is 2.27 bits per heavy atom. The summed E-state index contributed by atoms with van der Waals surface area (Å²) >= 11 is 10.0. The number of hydrogen-bond acceptors (Lipinski definition) is 5. The van der Waals surface area contributed by atoms with Crippen LogP contribution < -0.4 is 0 Å². The minimum atomic E-state index is 0.111. The number of nitrogens with zero attached hydrogens (tertiary/aromatic N) is 1. The molecule has 1 fully saturated rings. The van der Waals surface area contributed by atoms with Crippen LogP contribution in [-0.4, -0.2) is 33.1 Å². The Balaban J connectivity index is 0.000000292. The molecule has 3 nitrogen and oxygen atoms in total. The zero-order valence-electron chi connectivity index (χ0n) is 5.79. The number of thiocarbonyl (C=S) groups is 2. The first kappa shape index (κ1) is 10.7. The van der Waals surface area contributed by atoms with Crippen LogP contribution in [0, 0.1) is 5.41 Å². The number of nitrogens with one attached hydrogen (secondary N) is 1. The van der Waals surface area contributed by atoms with Crippen LogP contribution in [0.2, 0.25) is 0 Å². The van der Waals surface area contributed by atoms with E-state index in [2.05, 4.69) is 12.2 Å². The summed E-state index contributed by atoms with van der Waals surface area (Å²) in [6.07, 6.45) is 0. The summed E-state index contributed by atoms with van der Waals surface area (Å²) in [4.78, 5) is 12.1. The van der Waals surface area contributed by atoms with Gasteiger partial charge < -0.3 is 4.90 Å². The third-order valence-electron chi connectivity index (χ3n) is 0.967. The summed E-state index contributed by atoms with van der Waals surface area (Å²) in [6, 6.07) is 0. The van der Waals surface area contributed by atoms with E-state index in [0.29, 0.717) is 10.1 Å². The van der Waals surface area contributed by atoms with Crippen molar-refractivity contribution in [3.05, 3.63) is 0 Å². The van der Waals surface area contributed by atoms with Gasteiger partial charge in [0.15, 0.2) is 0 Å². The molecular formula is C5H6N2OS3. The van der Waals surface area contributed by atoms with Crippen molar-refractivity contribution in [1.29, 1.82) is 5.41 Å². The largest absolute Gasteiger partial charge is 0.300 e. The lowest BCUT2D eigenvalue weighted by atomic mass is 10.6. The van der Waals surface area contributed by atoms with Gasteiger partial charge in [-0.1, -0.05) is 24.0 Å². The minimum Gasteiger partial charge on any atom is -0.300 e. The number of rotatable bonds is 0. The predicted octanol–water partition coefficient (Wildman–Crippen LogP) is 1.14. The summed E-state index contributed by atoms with van der Waals surface area (Å²) in [6.45, 7) is 0. The van der Waals surface area contributed by atoms with Crippen molar-refractivity contribution in [2.75, 3.05) is 12.8 Å². The molecule has 1 saturated heterocycles. The van der Waals surface area contributed by atoms with Gasteiger partial charge >= 0.3 is 0 Å². The summed E-state index contributed by atoms with van der Waals surface area (Å²) in [7, 11) is 1.70. The Hall–Kier alpha value is -0.290. The maximum absolute atomic E-state index is 10.6. The van der Waals surface area contributed by atoms with E-state index in [1.807, 2.05) is 0 Å². The predicted molar refractivity (Wildman–Crippen MR) is 53.1 cm³/mol. The molecule has 11 heavy (non-hydrogen) atoms. The fourth-order valence-electron chi connectivity index (χ4n) is 0.419. The first-order chi connectivity index (χ1) is 5.13. The Labute approximate surface area is 79.6 Å². The zero-order chi connectivity index (χ0) is 8.85. The molecule has 0 aromatic heterocycles. The molecule has 60 valence electrons. The topological polar surface area (TPSA) is 44.2 Å². The highest BCUT2D eigenvalue weighted by Crippen LogP contribution is 2.16. The van der Waals surface area contributed by atoms with E-state index in [0.717, 1.165) is 0 Å². The van der Waals surface area contributed by atoms with E-state index >= 15 is 0 Å². The third-order valence-corrected chi connectivity index (χ3v) is 2.51. The summed E-state index contributed by atoms with van der Waals surface area (Å²) in [5.74, 6) is 0.634. The van der Waals surface area contributed by atoms with Gasteiger partial charge in [-0.05, 0) is 12.2 Å².